The zero-order valence-electron chi connectivity index (χ0n) is 12.6. The van der Waals surface area contributed by atoms with E-state index in [1.54, 1.807) is 15.9 Å². The molecule has 7 nitrogen and oxygen atoms in total. The number of hydrogen-bond donors (Lipinski definition) is 2. The van der Waals surface area contributed by atoms with Crippen molar-refractivity contribution in [3.63, 3.8) is 0 Å². The molecule has 0 bridgehead atoms. The fourth-order valence-corrected chi connectivity index (χ4v) is 2.20. The lowest BCUT2D eigenvalue weighted by atomic mass is 10.1. The molecule has 0 aliphatic heterocycles. The molecule has 0 aliphatic rings. The Morgan fingerprint density at radius 1 is 1.41 bits per heavy atom. The molecule has 2 rings (SSSR count). The monoisotopic (exact) mass is 303 g/mol. The summed E-state index contributed by atoms with van der Waals surface area (Å²) in [5, 5.41) is 16.1. The van der Waals surface area contributed by atoms with Gasteiger partial charge in [0.05, 0.1) is 19.2 Å². The highest BCUT2D eigenvalue weighted by Gasteiger charge is 2.18. The van der Waals surface area contributed by atoms with E-state index in [0.717, 1.165) is 5.56 Å². The molecule has 22 heavy (non-hydrogen) atoms. The number of carbonyl (C=O) groups excluding carboxylic acids is 1. The first kappa shape index (κ1) is 16.0. The maximum absolute atomic E-state index is 12.3. The van der Waals surface area contributed by atoms with Crippen molar-refractivity contribution in [2.24, 2.45) is 0 Å². The standard InChI is InChI=1S/C15H21N5O2/c1-2-19(8-9-21)15(22)18-14(10-20-12-16-11-17-20)13-6-4-3-5-7-13/h3-7,11-12,14,21H,2,8-10H2,1H3,(H,18,22). The smallest absolute Gasteiger partial charge is 0.318 e. The number of nitrogens with one attached hydrogen (secondary N) is 1. The molecule has 7 heteroatoms. The van der Waals surface area contributed by atoms with Gasteiger partial charge in [-0.2, -0.15) is 5.10 Å². The number of amides is 2. The zero-order chi connectivity index (χ0) is 15.8. The third-order valence-corrected chi connectivity index (χ3v) is 3.37. The lowest BCUT2D eigenvalue weighted by Gasteiger charge is -2.25. The van der Waals surface area contributed by atoms with E-state index in [9.17, 15) is 4.79 Å². The van der Waals surface area contributed by atoms with Crippen molar-refractivity contribution >= 4 is 6.03 Å². The van der Waals surface area contributed by atoms with Crippen LogP contribution in [0.2, 0.25) is 0 Å². The maximum Gasteiger partial charge on any atom is 0.318 e. The molecule has 118 valence electrons. The fraction of sp³-hybridized carbons (Fsp3) is 0.400. The average Bonchev–Trinajstić information content (AvgIpc) is 3.05. The molecule has 2 aromatic rings. The van der Waals surface area contributed by atoms with Gasteiger partial charge in [-0.25, -0.2) is 9.78 Å². The van der Waals surface area contributed by atoms with E-state index in [1.165, 1.54) is 6.33 Å². The zero-order valence-corrected chi connectivity index (χ0v) is 12.6. The SMILES string of the molecule is CCN(CCO)C(=O)NC(Cn1cncn1)c1ccccc1. The van der Waals surface area contributed by atoms with Gasteiger partial charge in [-0.1, -0.05) is 30.3 Å². The first-order chi connectivity index (χ1) is 10.7. The Morgan fingerprint density at radius 2 is 2.18 bits per heavy atom. The van der Waals surface area contributed by atoms with E-state index in [1.807, 2.05) is 37.3 Å². The lowest BCUT2D eigenvalue weighted by Crippen LogP contribution is -2.43. The van der Waals surface area contributed by atoms with Crippen molar-refractivity contribution in [1.29, 1.82) is 0 Å². The molecule has 0 saturated carbocycles. The van der Waals surface area contributed by atoms with Gasteiger partial charge in [0.1, 0.15) is 12.7 Å². The summed E-state index contributed by atoms with van der Waals surface area (Å²) < 4.78 is 1.68. The van der Waals surface area contributed by atoms with Crippen LogP contribution in [0.5, 0.6) is 0 Å². The predicted octanol–water partition coefficient (Wildman–Crippen LogP) is 1.04. The van der Waals surface area contributed by atoms with E-state index >= 15 is 0 Å². The van der Waals surface area contributed by atoms with Gasteiger partial charge in [0.15, 0.2) is 0 Å². The number of benzene rings is 1. The highest BCUT2D eigenvalue weighted by atomic mass is 16.3. The first-order valence-electron chi connectivity index (χ1n) is 7.28. The van der Waals surface area contributed by atoms with Gasteiger partial charge in [-0.3, -0.25) is 4.68 Å². The van der Waals surface area contributed by atoms with Crippen molar-refractivity contribution in [2.45, 2.75) is 19.5 Å². The Hall–Kier alpha value is -2.41. The molecule has 2 amide bonds. The molecule has 1 unspecified atom stereocenters. The Kier molecular flexibility index (Phi) is 5.91. The van der Waals surface area contributed by atoms with Crippen LogP contribution in [0, 0.1) is 0 Å². The third kappa shape index (κ3) is 4.29. The summed E-state index contributed by atoms with van der Waals surface area (Å²) in [6.45, 7) is 3.17. The average molecular weight is 303 g/mol. The molecule has 1 atom stereocenters. The molecular weight excluding hydrogens is 282 g/mol. The minimum Gasteiger partial charge on any atom is -0.395 e. The summed E-state index contributed by atoms with van der Waals surface area (Å²) in [5.41, 5.74) is 0.992. The summed E-state index contributed by atoms with van der Waals surface area (Å²) in [7, 11) is 0. The van der Waals surface area contributed by atoms with Crippen LogP contribution in [0.3, 0.4) is 0 Å². The van der Waals surface area contributed by atoms with Crippen molar-refractivity contribution < 1.29 is 9.90 Å². The van der Waals surface area contributed by atoms with Crippen LogP contribution >= 0.6 is 0 Å². The Bertz CT molecular complexity index is 559. The second kappa shape index (κ2) is 8.14. The number of aliphatic hydroxyl groups excluding tert-OH is 1. The molecular formula is C15H21N5O2. The second-order valence-electron chi connectivity index (χ2n) is 4.83. The van der Waals surface area contributed by atoms with E-state index in [4.69, 9.17) is 5.11 Å². The van der Waals surface area contributed by atoms with Crippen molar-refractivity contribution in [1.82, 2.24) is 25.0 Å². The molecule has 0 saturated heterocycles. The van der Waals surface area contributed by atoms with Gasteiger partial charge in [0.25, 0.3) is 0 Å². The van der Waals surface area contributed by atoms with Crippen LogP contribution < -0.4 is 5.32 Å². The second-order valence-corrected chi connectivity index (χ2v) is 4.83. The Labute approximate surface area is 129 Å². The summed E-state index contributed by atoms with van der Waals surface area (Å²) in [5.74, 6) is 0. The van der Waals surface area contributed by atoms with Crippen molar-refractivity contribution in [3.05, 3.63) is 48.5 Å². The topological polar surface area (TPSA) is 83.3 Å². The minimum atomic E-state index is -0.219. The maximum atomic E-state index is 12.3. The number of carbonyl (C=O) groups is 1. The summed E-state index contributed by atoms with van der Waals surface area (Å²) in [4.78, 5) is 17.8. The fourth-order valence-electron chi connectivity index (χ4n) is 2.20. The Balaban J connectivity index is 2.12. The molecule has 0 aliphatic carbocycles. The van der Waals surface area contributed by atoms with Gasteiger partial charge < -0.3 is 15.3 Å². The quantitative estimate of drug-likeness (QED) is 0.800. The number of aliphatic hydroxyl groups is 1. The lowest BCUT2D eigenvalue weighted by molar-refractivity contribution is 0.176. The van der Waals surface area contributed by atoms with Crippen LogP contribution in [0.4, 0.5) is 4.79 Å². The highest BCUT2D eigenvalue weighted by Crippen LogP contribution is 2.15. The van der Waals surface area contributed by atoms with E-state index in [2.05, 4.69) is 15.4 Å². The molecule has 0 fully saturated rings. The van der Waals surface area contributed by atoms with Gasteiger partial charge in [-0.05, 0) is 12.5 Å². The van der Waals surface area contributed by atoms with E-state index in [-0.39, 0.29) is 18.7 Å². The van der Waals surface area contributed by atoms with Gasteiger partial charge in [0.2, 0.25) is 0 Å². The molecule has 2 N–H and O–H groups in total. The van der Waals surface area contributed by atoms with Gasteiger partial charge in [-0.15, -0.1) is 0 Å². The summed E-state index contributed by atoms with van der Waals surface area (Å²) >= 11 is 0. The first-order valence-corrected chi connectivity index (χ1v) is 7.28. The van der Waals surface area contributed by atoms with Gasteiger partial charge in [0, 0.05) is 13.1 Å². The highest BCUT2D eigenvalue weighted by molar-refractivity contribution is 5.74. The van der Waals surface area contributed by atoms with E-state index < -0.39 is 0 Å². The van der Waals surface area contributed by atoms with Crippen LogP contribution in [-0.2, 0) is 6.54 Å². The summed E-state index contributed by atoms with van der Waals surface area (Å²) in [6.07, 6.45) is 3.08. The van der Waals surface area contributed by atoms with Crippen LogP contribution in [0.1, 0.15) is 18.5 Å². The molecule has 1 aromatic heterocycles. The molecule has 0 spiro atoms. The summed E-state index contributed by atoms with van der Waals surface area (Å²) in [6, 6.07) is 9.30. The number of hydrogen-bond acceptors (Lipinski definition) is 4. The minimum absolute atomic E-state index is 0.0552. The number of rotatable bonds is 7. The largest absolute Gasteiger partial charge is 0.395 e. The van der Waals surface area contributed by atoms with Crippen LogP contribution in [0.25, 0.3) is 0 Å². The number of nitrogens with zero attached hydrogens (tertiary/aromatic N) is 4. The number of likely N-dealkylation sites (N-methyl/N-ethyl adjacent to an activating group) is 1. The number of aromatic nitrogens is 3. The van der Waals surface area contributed by atoms with Gasteiger partial charge >= 0.3 is 6.03 Å². The molecule has 1 heterocycles. The molecule has 1 aromatic carbocycles. The Morgan fingerprint density at radius 3 is 2.77 bits per heavy atom. The normalized spacial score (nSPS) is 11.9. The molecule has 0 radical (unpaired) electrons. The van der Waals surface area contributed by atoms with Crippen LogP contribution in [0.15, 0.2) is 43.0 Å². The predicted molar refractivity (Wildman–Crippen MR) is 82.1 cm³/mol. The van der Waals surface area contributed by atoms with E-state index in [0.29, 0.717) is 19.6 Å². The van der Waals surface area contributed by atoms with Crippen LogP contribution in [-0.4, -0.2) is 50.5 Å². The van der Waals surface area contributed by atoms with Crippen molar-refractivity contribution in [2.75, 3.05) is 19.7 Å². The third-order valence-electron chi connectivity index (χ3n) is 3.37. The van der Waals surface area contributed by atoms with Crippen molar-refractivity contribution in [3.8, 4) is 0 Å². The number of urea groups is 1.